The topological polar surface area (TPSA) is 106 Å². The third-order valence-electron chi connectivity index (χ3n) is 1.87. The second-order valence-corrected chi connectivity index (χ2v) is 5.14. The van der Waals surface area contributed by atoms with Gasteiger partial charge in [-0.05, 0) is 11.8 Å². The molecule has 0 saturated carbocycles. The average molecular weight is 283 g/mol. The Kier molecular flexibility index (Phi) is 3.53. The van der Waals surface area contributed by atoms with Gasteiger partial charge < -0.3 is 5.11 Å². The van der Waals surface area contributed by atoms with Crippen molar-refractivity contribution in [3.05, 3.63) is 39.5 Å². The number of aromatic carboxylic acids is 1. The molecule has 0 atom stereocenters. The normalized spacial score (nSPS) is 10.2. The third-order valence-corrected chi connectivity index (χ3v) is 3.76. The summed E-state index contributed by atoms with van der Waals surface area (Å²) in [5.41, 5.74) is -0.555. The van der Waals surface area contributed by atoms with E-state index in [0.29, 0.717) is 4.34 Å². The molecule has 0 spiro atoms. The molecule has 7 nitrogen and oxygen atoms in total. The van der Waals surface area contributed by atoms with Crippen molar-refractivity contribution in [2.45, 2.75) is 9.37 Å². The highest BCUT2D eigenvalue weighted by atomic mass is 32.2. The molecule has 0 amide bonds. The largest absolute Gasteiger partial charge is 0.478 e. The Bertz CT molecular complexity index is 600. The molecule has 0 saturated heterocycles. The van der Waals surface area contributed by atoms with E-state index < -0.39 is 10.9 Å². The zero-order valence-electron chi connectivity index (χ0n) is 8.64. The van der Waals surface area contributed by atoms with Crippen LogP contribution >= 0.6 is 23.1 Å². The van der Waals surface area contributed by atoms with E-state index in [1.54, 1.807) is 11.6 Å². The smallest absolute Gasteiger partial charge is 0.337 e. The van der Waals surface area contributed by atoms with Crippen LogP contribution < -0.4 is 0 Å². The molecule has 0 bridgehead atoms. The first-order chi connectivity index (χ1) is 8.58. The van der Waals surface area contributed by atoms with Gasteiger partial charge in [0.2, 0.25) is 0 Å². The molecule has 1 N–H and O–H groups in total. The summed E-state index contributed by atoms with van der Waals surface area (Å²) in [5.74, 6) is -1.25. The van der Waals surface area contributed by atoms with Crippen molar-refractivity contribution < 1.29 is 14.8 Å². The van der Waals surface area contributed by atoms with Gasteiger partial charge in [0.25, 0.3) is 0 Å². The number of rotatable bonds is 4. The number of carboxylic acid groups (broad SMARTS) is 1. The highest BCUT2D eigenvalue weighted by Crippen LogP contribution is 2.34. The predicted molar refractivity (Wildman–Crippen MR) is 64.1 cm³/mol. The van der Waals surface area contributed by atoms with E-state index in [1.807, 2.05) is 0 Å². The fraction of sp³-hybridized carbons (Fsp3) is 0. The molecular weight excluding hydrogens is 278 g/mol. The number of carboxylic acids is 1. The third kappa shape index (κ3) is 2.63. The molecule has 0 aliphatic rings. The van der Waals surface area contributed by atoms with Crippen molar-refractivity contribution in [3.8, 4) is 0 Å². The predicted octanol–water partition coefficient (Wildman–Crippen LogP) is 2.30. The molecule has 0 aliphatic carbocycles. The first-order valence-corrected chi connectivity index (χ1v) is 6.22. The van der Waals surface area contributed by atoms with E-state index in [2.05, 4.69) is 9.97 Å². The van der Waals surface area contributed by atoms with E-state index in [9.17, 15) is 14.9 Å². The van der Waals surface area contributed by atoms with Crippen LogP contribution in [0.5, 0.6) is 0 Å². The standard InChI is InChI=1S/C9H5N3O4S2/c13-8(14)5-3-6(12(15)16)7(11-4-5)18-9-10-1-2-17-9/h1-4H,(H,13,14). The van der Waals surface area contributed by atoms with Gasteiger partial charge in [0.1, 0.15) is 0 Å². The van der Waals surface area contributed by atoms with E-state index in [-0.39, 0.29) is 16.3 Å². The van der Waals surface area contributed by atoms with Crippen LogP contribution in [0.1, 0.15) is 10.4 Å². The minimum atomic E-state index is -1.25. The molecule has 2 heterocycles. The first kappa shape index (κ1) is 12.5. The monoisotopic (exact) mass is 283 g/mol. The van der Waals surface area contributed by atoms with E-state index >= 15 is 0 Å². The van der Waals surface area contributed by atoms with Crippen LogP contribution in [0.3, 0.4) is 0 Å². The van der Waals surface area contributed by atoms with Gasteiger partial charge >= 0.3 is 11.7 Å². The molecule has 0 unspecified atom stereocenters. The summed E-state index contributed by atoms with van der Waals surface area (Å²) in [6, 6.07) is 0.991. The van der Waals surface area contributed by atoms with Gasteiger partial charge in [0, 0.05) is 23.8 Å². The molecule has 0 aliphatic heterocycles. The summed E-state index contributed by atoms with van der Waals surface area (Å²) in [5, 5.41) is 21.5. The molecular formula is C9H5N3O4S2. The van der Waals surface area contributed by atoms with Gasteiger partial charge in [-0.1, -0.05) is 0 Å². The van der Waals surface area contributed by atoms with Crippen LogP contribution in [-0.2, 0) is 0 Å². The number of carbonyl (C=O) groups is 1. The molecule has 0 radical (unpaired) electrons. The van der Waals surface area contributed by atoms with Crippen molar-refractivity contribution in [3.63, 3.8) is 0 Å². The SMILES string of the molecule is O=C(O)c1cnc(Sc2nccs2)c([N+](=O)[O-])c1. The lowest BCUT2D eigenvalue weighted by molar-refractivity contribution is -0.388. The molecule has 9 heteroatoms. The maximum atomic E-state index is 10.9. The van der Waals surface area contributed by atoms with Gasteiger partial charge in [-0.15, -0.1) is 11.3 Å². The maximum absolute atomic E-state index is 10.9. The van der Waals surface area contributed by atoms with E-state index in [4.69, 9.17) is 5.11 Å². The van der Waals surface area contributed by atoms with Gasteiger partial charge in [-0.25, -0.2) is 14.8 Å². The van der Waals surface area contributed by atoms with Crippen molar-refractivity contribution in [1.82, 2.24) is 9.97 Å². The highest BCUT2D eigenvalue weighted by Gasteiger charge is 2.20. The zero-order valence-corrected chi connectivity index (χ0v) is 10.3. The van der Waals surface area contributed by atoms with Crippen LogP contribution in [0.15, 0.2) is 33.2 Å². The van der Waals surface area contributed by atoms with Crippen LogP contribution in [0, 0.1) is 10.1 Å². The molecule has 2 aromatic rings. The number of thiazole rings is 1. The number of hydrogen-bond donors (Lipinski definition) is 1. The Morgan fingerprint density at radius 2 is 2.28 bits per heavy atom. The lowest BCUT2D eigenvalue weighted by atomic mass is 10.3. The van der Waals surface area contributed by atoms with Crippen molar-refractivity contribution >= 4 is 34.8 Å². The van der Waals surface area contributed by atoms with Crippen LogP contribution in [0.2, 0.25) is 0 Å². The van der Waals surface area contributed by atoms with E-state index in [0.717, 1.165) is 24.0 Å². The Labute approximate surface area is 109 Å². The second kappa shape index (κ2) is 5.10. The number of aromatic nitrogens is 2. The summed E-state index contributed by atoms with van der Waals surface area (Å²) < 4.78 is 0.605. The fourth-order valence-corrected chi connectivity index (χ4v) is 2.69. The van der Waals surface area contributed by atoms with E-state index in [1.165, 1.54) is 11.3 Å². The van der Waals surface area contributed by atoms with Crippen molar-refractivity contribution in [2.24, 2.45) is 0 Å². The van der Waals surface area contributed by atoms with Crippen molar-refractivity contribution in [1.29, 1.82) is 0 Å². The average Bonchev–Trinajstić information content (AvgIpc) is 2.81. The summed E-state index contributed by atoms with van der Waals surface area (Å²) in [7, 11) is 0. The minimum Gasteiger partial charge on any atom is -0.478 e. The minimum absolute atomic E-state index is 0.125. The van der Waals surface area contributed by atoms with Gasteiger partial charge in [-0.2, -0.15) is 0 Å². The molecule has 2 aromatic heterocycles. The second-order valence-electron chi connectivity index (χ2n) is 3.01. The van der Waals surface area contributed by atoms with Gasteiger partial charge in [-0.3, -0.25) is 10.1 Å². The Morgan fingerprint density at radius 1 is 1.50 bits per heavy atom. The fourth-order valence-electron chi connectivity index (χ4n) is 1.11. The van der Waals surface area contributed by atoms with Crippen LogP contribution in [0.25, 0.3) is 0 Å². The molecule has 18 heavy (non-hydrogen) atoms. The molecule has 2 rings (SSSR count). The van der Waals surface area contributed by atoms with Crippen molar-refractivity contribution in [2.75, 3.05) is 0 Å². The summed E-state index contributed by atoms with van der Waals surface area (Å²) in [4.78, 5) is 28.7. The molecule has 0 fully saturated rings. The zero-order chi connectivity index (χ0) is 13.1. The van der Waals surface area contributed by atoms with Crippen LogP contribution in [-0.4, -0.2) is 26.0 Å². The Hall–Kier alpha value is -2.00. The van der Waals surface area contributed by atoms with Gasteiger partial charge in [0.05, 0.1) is 10.5 Å². The lowest BCUT2D eigenvalue weighted by Gasteiger charge is -2.00. The summed E-state index contributed by atoms with van der Waals surface area (Å²) in [6.45, 7) is 0. The Morgan fingerprint density at radius 3 is 2.83 bits per heavy atom. The number of nitro groups is 1. The highest BCUT2D eigenvalue weighted by molar-refractivity contribution is 8.01. The first-order valence-electron chi connectivity index (χ1n) is 4.53. The number of hydrogen-bond acceptors (Lipinski definition) is 7. The maximum Gasteiger partial charge on any atom is 0.337 e. The van der Waals surface area contributed by atoms with Crippen LogP contribution in [0.4, 0.5) is 5.69 Å². The summed E-state index contributed by atoms with van der Waals surface area (Å²) >= 11 is 2.35. The lowest BCUT2D eigenvalue weighted by Crippen LogP contribution is -2.01. The molecule has 0 aromatic carbocycles. The Balaban J connectivity index is 2.40. The molecule has 92 valence electrons. The number of pyridine rings is 1. The van der Waals surface area contributed by atoms with Gasteiger partial charge in [0.15, 0.2) is 9.37 Å². The number of nitrogens with zero attached hydrogens (tertiary/aromatic N) is 3. The summed E-state index contributed by atoms with van der Waals surface area (Å²) in [6.07, 6.45) is 2.66. The quantitative estimate of drug-likeness (QED) is 0.677.